The van der Waals surface area contributed by atoms with Crippen molar-refractivity contribution < 1.29 is 8.42 Å². The van der Waals surface area contributed by atoms with Crippen LogP contribution in [0.1, 0.15) is 12.0 Å². The van der Waals surface area contributed by atoms with Gasteiger partial charge in [0.05, 0.1) is 10.6 Å². The Kier molecular flexibility index (Phi) is 7.94. The number of guanidine groups is 1. The Labute approximate surface area is 160 Å². The molecule has 26 heavy (non-hydrogen) atoms. The molecule has 2 aromatic rings. The summed E-state index contributed by atoms with van der Waals surface area (Å²) in [5.74, 6) is 0.757. The Morgan fingerprint density at radius 2 is 1.77 bits per heavy atom. The highest BCUT2D eigenvalue weighted by Crippen LogP contribution is 2.11. The Bertz CT molecular complexity index is 824. The topological polar surface area (TPSA) is 70.6 Å². The molecule has 0 radical (unpaired) electrons. The summed E-state index contributed by atoms with van der Waals surface area (Å²) in [4.78, 5) is 4.51. The van der Waals surface area contributed by atoms with Gasteiger partial charge in [-0.2, -0.15) is 0 Å². The average molecular weight is 394 g/mol. The number of rotatable bonds is 8. The molecule has 7 heteroatoms. The van der Waals surface area contributed by atoms with Gasteiger partial charge in [-0.3, -0.25) is 4.99 Å². The van der Waals surface area contributed by atoms with Crippen LogP contribution in [0.2, 0.25) is 5.02 Å². The van der Waals surface area contributed by atoms with Gasteiger partial charge in [-0.05, 0) is 42.7 Å². The summed E-state index contributed by atoms with van der Waals surface area (Å²) in [5.41, 5.74) is 1.15. The molecule has 0 aliphatic rings. The summed E-state index contributed by atoms with van der Waals surface area (Å²) < 4.78 is 24.4. The van der Waals surface area contributed by atoms with Crippen LogP contribution in [0.4, 0.5) is 0 Å². The maximum absolute atomic E-state index is 12.2. The van der Waals surface area contributed by atoms with Crippen molar-refractivity contribution in [2.24, 2.45) is 4.99 Å². The summed E-state index contributed by atoms with van der Waals surface area (Å²) in [6.07, 6.45) is 1.33. The Morgan fingerprint density at radius 3 is 2.46 bits per heavy atom. The van der Waals surface area contributed by atoms with E-state index in [9.17, 15) is 8.42 Å². The molecule has 2 N–H and O–H groups in total. The SMILES string of the molecule is CN=C(NCCCS(=O)(=O)c1ccccc1)NCCc1cccc(Cl)c1. The van der Waals surface area contributed by atoms with E-state index in [0.29, 0.717) is 30.4 Å². The Balaban J connectivity index is 1.70. The first-order valence-corrected chi connectivity index (χ1v) is 10.5. The number of hydrogen-bond donors (Lipinski definition) is 2. The van der Waals surface area contributed by atoms with E-state index >= 15 is 0 Å². The molecule has 0 saturated carbocycles. The highest BCUT2D eigenvalue weighted by molar-refractivity contribution is 7.91. The van der Waals surface area contributed by atoms with Gasteiger partial charge in [-0.25, -0.2) is 8.42 Å². The van der Waals surface area contributed by atoms with E-state index in [-0.39, 0.29) is 5.75 Å². The highest BCUT2D eigenvalue weighted by Gasteiger charge is 2.13. The zero-order chi connectivity index (χ0) is 18.8. The maximum atomic E-state index is 12.2. The minimum Gasteiger partial charge on any atom is -0.356 e. The lowest BCUT2D eigenvalue weighted by Crippen LogP contribution is -2.39. The second kappa shape index (κ2) is 10.2. The third kappa shape index (κ3) is 6.69. The zero-order valence-corrected chi connectivity index (χ0v) is 16.4. The summed E-state index contributed by atoms with van der Waals surface area (Å²) in [6, 6.07) is 16.3. The smallest absolute Gasteiger partial charge is 0.190 e. The molecular weight excluding hydrogens is 370 g/mol. The summed E-state index contributed by atoms with van der Waals surface area (Å²) in [7, 11) is -1.54. The number of benzene rings is 2. The van der Waals surface area contributed by atoms with Crippen LogP contribution in [0.15, 0.2) is 64.5 Å². The van der Waals surface area contributed by atoms with Gasteiger partial charge in [-0.1, -0.05) is 41.9 Å². The van der Waals surface area contributed by atoms with Crippen molar-refractivity contribution in [2.45, 2.75) is 17.7 Å². The minimum atomic E-state index is -3.23. The minimum absolute atomic E-state index is 0.101. The second-order valence-electron chi connectivity index (χ2n) is 5.79. The Hall–Kier alpha value is -2.05. The van der Waals surface area contributed by atoms with Gasteiger partial charge in [0.1, 0.15) is 0 Å². The number of aliphatic imine (C=N–C) groups is 1. The van der Waals surface area contributed by atoms with Crippen LogP contribution >= 0.6 is 11.6 Å². The van der Waals surface area contributed by atoms with Crippen LogP contribution in [0.3, 0.4) is 0 Å². The first kappa shape index (κ1) is 20.3. The zero-order valence-electron chi connectivity index (χ0n) is 14.8. The molecule has 0 aliphatic heterocycles. The van der Waals surface area contributed by atoms with Crippen LogP contribution in [0.5, 0.6) is 0 Å². The predicted molar refractivity (Wildman–Crippen MR) is 108 cm³/mol. The molecule has 2 rings (SSSR count). The molecule has 0 unspecified atom stereocenters. The van der Waals surface area contributed by atoms with Gasteiger partial charge in [0.15, 0.2) is 15.8 Å². The number of sulfone groups is 1. The third-order valence-corrected chi connectivity index (χ3v) is 5.85. The molecule has 0 aliphatic carbocycles. The van der Waals surface area contributed by atoms with Crippen molar-refractivity contribution in [2.75, 3.05) is 25.9 Å². The number of halogens is 1. The molecule has 0 atom stereocenters. The lowest BCUT2D eigenvalue weighted by Gasteiger charge is -2.12. The van der Waals surface area contributed by atoms with Crippen molar-refractivity contribution >= 4 is 27.4 Å². The van der Waals surface area contributed by atoms with Crippen LogP contribution in [-0.4, -0.2) is 40.3 Å². The van der Waals surface area contributed by atoms with E-state index in [4.69, 9.17) is 11.6 Å². The molecule has 0 spiro atoms. The van der Waals surface area contributed by atoms with Gasteiger partial charge in [0, 0.05) is 25.2 Å². The van der Waals surface area contributed by atoms with E-state index in [1.807, 2.05) is 24.3 Å². The molecule has 0 amide bonds. The average Bonchev–Trinajstić information content (AvgIpc) is 2.64. The molecular formula is C19H24ClN3O2S. The fraction of sp³-hybridized carbons (Fsp3) is 0.316. The molecule has 0 saturated heterocycles. The largest absolute Gasteiger partial charge is 0.356 e. The quantitative estimate of drug-likeness (QED) is 0.411. The van der Waals surface area contributed by atoms with Gasteiger partial charge in [-0.15, -0.1) is 0 Å². The van der Waals surface area contributed by atoms with Crippen molar-refractivity contribution in [1.29, 1.82) is 0 Å². The van der Waals surface area contributed by atoms with E-state index in [1.165, 1.54) is 0 Å². The van der Waals surface area contributed by atoms with Gasteiger partial charge in [0.25, 0.3) is 0 Å². The fourth-order valence-electron chi connectivity index (χ4n) is 2.45. The summed E-state index contributed by atoms with van der Waals surface area (Å²) in [6.45, 7) is 1.24. The van der Waals surface area contributed by atoms with Crippen LogP contribution in [0.25, 0.3) is 0 Å². The first-order chi connectivity index (χ1) is 12.5. The van der Waals surface area contributed by atoms with E-state index in [2.05, 4.69) is 15.6 Å². The number of nitrogens with one attached hydrogen (secondary N) is 2. The number of hydrogen-bond acceptors (Lipinski definition) is 3. The molecule has 2 aromatic carbocycles. The van der Waals surface area contributed by atoms with Crippen molar-refractivity contribution in [3.8, 4) is 0 Å². The predicted octanol–water partition coefficient (Wildman–Crippen LogP) is 2.91. The van der Waals surface area contributed by atoms with Crippen molar-refractivity contribution in [3.63, 3.8) is 0 Å². The monoisotopic (exact) mass is 393 g/mol. The van der Waals surface area contributed by atoms with Gasteiger partial charge < -0.3 is 10.6 Å². The fourth-order valence-corrected chi connectivity index (χ4v) is 4.00. The summed E-state index contributed by atoms with van der Waals surface area (Å²) >= 11 is 5.97. The van der Waals surface area contributed by atoms with E-state index < -0.39 is 9.84 Å². The summed E-state index contributed by atoms with van der Waals surface area (Å²) in [5, 5.41) is 7.08. The number of nitrogens with zero attached hydrogens (tertiary/aromatic N) is 1. The molecule has 0 heterocycles. The molecule has 0 fully saturated rings. The standard InChI is InChI=1S/C19H24ClN3O2S/c1-21-19(23-13-11-16-7-5-8-17(20)15-16)22-12-6-14-26(24,25)18-9-3-2-4-10-18/h2-5,7-10,15H,6,11-14H2,1H3,(H2,21,22,23). The third-order valence-electron chi connectivity index (χ3n) is 3.80. The highest BCUT2D eigenvalue weighted by atomic mass is 35.5. The first-order valence-electron chi connectivity index (χ1n) is 8.48. The second-order valence-corrected chi connectivity index (χ2v) is 8.34. The molecule has 0 aromatic heterocycles. The Morgan fingerprint density at radius 1 is 1.04 bits per heavy atom. The van der Waals surface area contributed by atoms with Crippen LogP contribution in [-0.2, 0) is 16.3 Å². The van der Waals surface area contributed by atoms with E-state index in [0.717, 1.165) is 17.0 Å². The van der Waals surface area contributed by atoms with Gasteiger partial charge in [0.2, 0.25) is 0 Å². The van der Waals surface area contributed by atoms with Crippen LogP contribution < -0.4 is 10.6 Å². The van der Waals surface area contributed by atoms with E-state index in [1.54, 1.807) is 37.4 Å². The molecule has 140 valence electrons. The lowest BCUT2D eigenvalue weighted by molar-refractivity contribution is 0.592. The van der Waals surface area contributed by atoms with Crippen molar-refractivity contribution in [1.82, 2.24) is 10.6 Å². The molecule has 0 bridgehead atoms. The molecule has 5 nitrogen and oxygen atoms in total. The van der Waals surface area contributed by atoms with Gasteiger partial charge >= 0.3 is 0 Å². The van der Waals surface area contributed by atoms with Crippen molar-refractivity contribution in [3.05, 3.63) is 65.2 Å². The maximum Gasteiger partial charge on any atom is 0.190 e. The normalized spacial score (nSPS) is 12.0. The lowest BCUT2D eigenvalue weighted by atomic mass is 10.1. The van der Waals surface area contributed by atoms with Crippen LogP contribution in [0, 0.1) is 0 Å².